The van der Waals surface area contributed by atoms with E-state index in [-0.39, 0.29) is 11.4 Å². The van der Waals surface area contributed by atoms with E-state index in [1.54, 1.807) is 0 Å². The van der Waals surface area contributed by atoms with Crippen LogP contribution in [0.4, 0.5) is 4.79 Å². The average Bonchev–Trinajstić information content (AvgIpc) is 2.18. The van der Waals surface area contributed by atoms with Crippen molar-refractivity contribution in [3.63, 3.8) is 0 Å². The second-order valence-corrected chi connectivity index (χ2v) is 6.36. The first kappa shape index (κ1) is 18.7. The predicted molar refractivity (Wildman–Crippen MR) is 77.6 cm³/mol. The predicted octanol–water partition coefficient (Wildman–Crippen LogP) is 1.83. The molecule has 0 aliphatic heterocycles. The fourth-order valence-corrected chi connectivity index (χ4v) is 1.51. The summed E-state index contributed by atoms with van der Waals surface area (Å²) in [6.07, 6.45) is 0.263. The van der Waals surface area contributed by atoms with Gasteiger partial charge in [0.2, 0.25) is 5.91 Å². The molecule has 0 aliphatic carbocycles. The molecule has 0 spiro atoms. The number of carbonyl (C=O) groups excluding carboxylic acids is 2. The van der Waals surface area contributed by atoms with Gasteiger partial charge in [-0.15, -0.1) is 0 Å². The molecule has 0 aliphatic rings. The van der Waals surface area contributed by atoms with Gasteiger partial charge in [0.1, 0.15) is 5.60 Å². The van der Waals surface area contributed by atoms with E-state index >= 15 is 0 Å². The average molecular weight is 288 g/mol. The summed E-state index contributed by atoms with van der Waals surface area (Å²) in [5.74, 6) is -0.0541. The van der Waals surface area contributed by atoms with Gasteiger partial charge in [0.05, 0.1) is 6.61 Å². The smallest absolute Gasteiger partial charge is 0.407 e. The summed E-state index contributed by atoms with van der Waals surface area (Å²) in [7, 11) is 0. The Balaban J connectivity index is 3.63. The van der Waals surface area contributed by atoms with Gasteiger partial charge in [-0.05, 0) is 41.0 Å². The normalized spacial score (nSPS) is 11.9. The van der Waals surface area contributed by atoms with Gasteiger partial charge in [0.25, 0.3) is 0 Å². The number of hydrogen-bond acceptors (Lipinski definition) is 4. The molecule has 0 fully saturated rings. The lowest BCUT2D eigenvalue weighted by Crippen LogP contribution is -2.43. The topological polar surface area (TPSA) is 76.7 Å². The summed E-state index contributed by atoms with van der Waals surface area (Å²) in [5.41, 5.74) is -0.780. The summed E-state index contributed by atoms with van der Waals surface area (Å²) >= 11 is 0. The Morgan fingerprint density at radius 1 is 1.05 bits per heavy atom. The fraction of sp³-hybridized carbons (Fsp3) is 0.857. The van der Waals surface area contributed by atoms with Crippen LogP contribution in [0.5, 0.6) is 0 Å². The van der Waals surface area contributed by atoms with Crippen LogP contribution in [0, 0.1) is 0 Å². The largest absolute Gasteiger partial charge is 0.444 e. The lowest BCUT2D eigenvalue weighted by molar-refractivity contribution is -0.120. The van der Waals surface area contributed by atoms with Gasteiger partial charge in [-0.3, -0.25) is 4.79 Å². The highest BCUT2D eigenvalue weighted by molar-refractivity contribution is 5.73. The van der Waals surface area contributed by atoms with E-state index in [0.29, 0.717) is 26.2 Å². The van der Waals surface area contributed by atoms with E-state index in [1.807, 2.05) is 34.6 Å². The van der Waals surface area contributed by atoms with Crippen LogP contribution in [0.1, 0.15) is 48.0 Å². The standard InChI is InChI=1S/C14H28N2O4/c1-11(17)16-14(5,6)7-9-19-10-8-15-12(18)20-13(2,3)4/h7-10H2,1-6H3,(H,15,18)(H,16,17). The summed E-state index contributed by atoms with van der Waals surface area (Å²) in [4.78, 5) is 22.3. The van der Waals surface area contributed by atoms with Crippen LogP contribution < -0.4 is 10.6 Å². The molecule has 6 heteroatoms. The van der Waals surface area contributed by atoms with Gasteiger partial charge in [-0.2, -0.15) is 0 Å². The van der Waals surface area contributed by atoms with Crippen LogP contribution in [-0.4, -0.2) is 42.9 Å². The quantitative estimate of drug-likeness (QED) is 0.701. The molecule has 0 aromatic carbocycles. The maximum atomic E-state index is 11.3. The number of hydrogen-bond donors (Lipinski definition) is 2. The zero-order valence-corrected chi connectivity index (χ0v) is 13.5. The van der Waals surface area contributed by atoms with Crippen LogP contribution >= 0.6 is 0 Å². The Labute approximate surface area is 121 Å². The first-order valence-electron chi connectivity index (χ1n) is 6.85. The van der Waals surface area contributed by atoms with Crippen molar-refractivity contribution in [2.75, 3.05) is 19.8 Å². The zero-order chi connectivity index (χ0) is 15.8. The molecule has 0 aromatic rings. The van der Waals surface area contributed by atoms with Crippen LogP contribution in [0.2, 0.25) is 0 Å². The van der Waals surface area contributed by atoms with E-state index < -0.39 is 11.7 Å². The number of ether oxygens (including phenoxy) is 2. The number of rotatable bonds is 7. The van der Waals surface area contributed by atoms with Crippen LogP contribution in [-0.2, 0) is 14.3 Å². The molecule has 0 bridgehead atoms. The highest BCUT2D eigenvalue weighted by Gasteiger charge is 2.18. The monoisotopic (exact) mass is 288 g/mol. The Hall–Kier alpha value is -1.30. The Morgan fingerprint density at radius 3 is 2.15 bits per heavy atom. The molecular weight excluding hydrogens is 260 g/mol. The van der Waals surface area contributed by atoms with Crippen molar-refractivity contribution < 1.29 is 19.1 Å². The molecule has 0 aromatic heterocycles. The summed E-state index contributed by atoms with van der Waals surface area (Å²) in [6.45, 7) is 12.1. The Kier molecular flexibility index (Phi) is 7.57. The van der Waals surface area contributed by atoms with Gasteiger partial charge in [-0.1, -0.05) is 0 Å². The second-order valence-electron chi connectivity index (χ2n) is 6.36. The minimum absolute atomic E-state index is 0.0541. The third kappa shape index (κ3) is 11.8. The van der Waals surface area contributed by atoms with Gasteiger partial charge in [0.15, 0.2) is 0 Å². The van der Waals surface area contributed by atoms with Crippen LogP contribution in [0.3, 0.4) is 0 Å². The van der Waals surface area contributed by atoms with E-state index in [4.69, 9.17) is 9.47 Å². The molecule has 0 rings (SSSR count). The first-order chi connectivity index (χ1) is 9.02. The molecule has 0 saturated carbocycles. The van der Waals surface area contributed by atoms with Crippen molar-refractivity contribution in [2.45, 2.75) is 59.1 Å². The van der Waals surface area contributed by atoms with Crippen molar-refractivity contribution >= 4 is 12.0 Å². The van der Waals surface area contributed by atoms with Gasteiger partial charge < -0.3 is 20.1 Å². The molecule has 0 unspecified atom stereocenters. The fourth-order valence-electron chi connectivity index (χ4n) is 1.51. The second kappa shape index (κ2) is 8.09. The van der Waals surface area contributed by atoms with Gasteiger partial charge in [0, 0.05) is 25.6 Å². The van der Waals surface area contributed by atoms with Crippen molar-refractivity contribution in [2.24, 2.45) is 0 Å². The molecule has 2 N–H and O–H groups in total. The molecular formula is C14H28N2O4. The number of amides is 2. The van der Waals surface area contributed by atoms with E-state index in [1.165, 1.54) is 6.92 Å². The van der Waals surface area contributed by atoms with Gasteiger partial charge in [-0.25, -0.2) is 4.79 Å². The molecule has 0 atom stereocenters. The first-order valence-corrected chi connectivity index (χ1v) is 6.85. The number of alkyl carbamates (subject to hydrolysis) is 1. The molecule has 0 radical (unpaired) electrons. The van der Waals surface area contributed by atoms with Crippen LogP contribution in [0.25, 0.3) is 0 Å². The van der Waals surface area contributed by atoms with Crippen molar-refractivity contribution in [1.82, 2.24) is 10.6 Å². The molecule has 0 saturated heterocycles. The Morgan fingerprint density at radius 2 is 1.65 bits per heavy atom. The SMILES string of the molecule is CC(=O)NC(C)(C)CCOCCNC(=O)OC(C)(C)C. The third-order valence-electron chi connectivity index (χ3n) is 2.30. The van der Waals surface area contributed by atoms with E-state index in [0.717, 1.165) is 0 Å². The highest BCUT2D eigenvalue weighted by atomic mass is 16.6. The van der Waals surface area contributed by atoms with Gasteiger partial charge >= 0.3 is 6.09 Å². The molecule has 118 valence electrons. The summed E-state index contributed by atoms with van der Waals surface area (Å²) < 4.78 is 10.5. The highest BCUT2D eigenvalue weighted by Crippen LogP contribution is 2.08. The minimum atomic E-state index is -0.493. The summed E-state index contributed by atoms with van der Waals surface area (Å²) in [6, 6.07) is 0. The molecule has 6 nitrogen and oxygen atoms in total. The third-order valence-corrected chi connectivity index (χ3v) is 2.30. The molecule has 20 heavy (non-hydrogen) atoms. The Bertz CT molecular complexity index is 322. The van der Waals surface area contributed by atoms with Crippen LogP contribution in [0.15, 0.2) is 0 Å². The van der Waals surface area contributed by atoms with E-state index in [2.05, 4.69) is 10.6 Å². The van der Waals surface area contributed by atoms with Crippen molar-refractivity contribution in [3.05, 3.63) is 0 Å². The maximum absolute atomic E-state index is 11.3. The van der Waals surface area contributed by atoms with Crippen molar-refractivity contribution in [1.29, 1.82) is 0 Å². The number of nitrogens with one attached hydrogen (secondary N) is 2. The van der Waals surface area contributed by atoms with E-state index in [9.17, 15) is 9.59 Å². The van der Waals surface area contributed by atoms with Crippen molar-refractivity contribution in [3.8, 4) is 0 Å². The zero-order valence-electron chi connectivity index (χ0n) is 13.5. The minimum Gasteiger partial charge on any atom is -0.444 e. The maximum Gasteiger partial charge on any atom is 0.407 e. The summed E-state index contributed by atoms with van der Waals surface area (Å²) in [5, 5.41) is 5.46. The number of carbonyl (C=O) groups is 2. The lowest BCUT2D eigenvalue weighted by Gasteiger charge is -2.25. The molecule has 2 amide bonds. The molecule has 0 heterocycles. The lowest BCUT2D eigenvalue weighted by atomic mass is 10.0.